The standard InChI is InChI=1S/C46H34N4O2/c51-45-33-17-5-8-22-36(33)48-24-26-50-40(32-20-10-14-28-12-2-4-16-30(28)32)38-37(41(50)43(45)48)39(31-19-9-13-27-11-1-3-15-29(27)31)49-25-23-47-35-21-7-6-18-34(35)46(52)44(47)42(38)49/h1-8,11-18,21-22H,9-10,19-20,23-26H2. The molecule has 0 atom stereocenters. The van der Waals surface area contributed by atoms with E-state index in [1.54, 1.807) is 0 Å². The second kappa shape index (κ2) is 10.2. The topological polar surface area (TPSA) is 50.5 Å². The summed E-state index contributed by atoms with van der Waals surface area (Å²) in [6, 6.07) is 33.7. The van der Waals surface area contributed by atoms with E-state index >= 15 is 0 Å². The number of anilines is 2. The monoisotopic (exact) mass is 674 g/mol. The Morgan fingerprint density at radius 1 is 0.462 bits per heavy atom. The van der Waals surface area contributed by atoms with Crippen LogP contribution in [0.15, 0.2) is 97.1 Å². The Bertz CT molecular complexity index is 2880. The molecule has 6 aromatic rings. The minimum atomic E-state index is 0.0843. The van der Waals surface area contributed by atoms with Crippen molar-refractivity contribution in [1.82, 2.24) is 9.13 Å². The Morgan fingerprint density at radius 2 is 0.885 bits per heavy atom. The highest BCUT2D eigenvalue weighted by molar-refractivity contribution is 6.36. The highest BCUT2D eigenvalue weighted by Crippen LogP contribution is 2.42. The van der Waals surface area contributed by atoms with E-state index in [1.165, 1.54) is 43.4 Å². The SMILES string of the molecule is O=C1C2=c3c4c(C5=c6ccccc6=CCC5)n5c(c4c(C4=c6ccccc6=CCC4)n3CCN2c2ccccc21)=C1C(=O)c2ccccc2N1CC5. The Kier molecular flexibility index (Phi) is 5.61. The second-order valence-electron chi connectivity index (χ2n) is 14.8. The minimum Gasteiger partial charge on any atom is -0.336 e. The van der Waals surface area contributed by atoms with Crippen LogP contribution in [-0.2, 0) is 13.1 Å². The molecule has 52 heavy (non-hydrogen) atoms. The van der Waals surface area contributed by atoms with Gasteiger partial charge in [0, 0.05) is 48.1 Å². The average molecular weight is 675 g/mol. The van der Waals surface area contributed by atoms with E-state index in [2.05, 4.69) is 91.7 Å². The molecule has 250 valence electrons. The molecule has 6 nitrogen and oxygen atoms in total. The molecule has 6 aliphatic rings. The number of hydrogen-bond acceptors (Lipinski definition) is 4. The van der Waals surface area contributed by atoms with Crippen LogP contribution in [0.4, 0.5) is 11.4 Å². The van der Waals surface area contributed by atoms with E-state index in [0.717, 1.165) is 94.1 Å². The summed E-state index contributed by atoms with van der Waals surface area (Å²) in [5, 5.41) is 9.24. The normalized spacial score (nSPS) is 17.9. The van der Waals surface area contributed by atoms with Crippen molar-refractivity contribution in [3.05, 3.63) is 151 Å². The summed E-state index contributed by atoms with van der Waals surface area (Å²) in [4.78, 5) is 34.0. The van der Waals surface area contributed by atoms with Crippen molar-refractivity contribution in [2.75, 3.05) is 22.9 Å². The Morgan fingerprint density at radius 3 is 1.37 bits per heavy atom. The molecule has 2 aliphatic carbocycles. The van der Waals surface area contributed by atoms with Crippen LogP contribution in [0, 0.1) is 0 Å². The van der Waals surface area contributed by atoms with Crippen LogP contribution in [0.3, 0.4) is 0 Å². The first-order valence-electron chi connectivity index (χ1n) is 18.6. The van der Waals surface area contributed by atoms with E-state index in [1.807, 2.05) is 36.4 Å². The predicted octanol–water partition coefficient (Wildman–Crippen LogP) is 3.64. The molecule has 0 bridgehead atoms. The van der Waals surface area contributed by atoms with Crippen molar-refractivity contribution < 1.29 is 9.59 Å². The van der Waals surface area contributed by atoms with E-state index in [-0.39, 0.29) is 11.6 Å². The van der Waals surface area contributed by atoms with Crippen molar-refractivity contribution in [1.29, 1.82) is 0 Å². The summed E-state index contributed by atoms with van der Waals surface area (Å²) < 4.78 is 4.96. The molecule has 0 N–H and O–H groups in total. The van der Waals surface area contributed by atoms with Crippen LogP contribution in [-0.4, -0.2) is 33.8 Å². The molecule has 0 amide bonds. The molecule has 12 rings (SSSR count). The number of ketones is 2. The molecular formula is C46H34N4O2. The molecule has 0 saturated carbocycles. The molecule has 0 spiro atoms. The van der Waals surface area contributed by atoms with E-state index in [0.29, 0.717) is 13.1 Å². The van der Waals surface area contributed by atoms with Crippen molar-refractivity contribution in [3.63, 3.8) is 0 Å². The number of rotatable bonds is 2. The van der Waals surface area contributed by atoms with Gasteiger partial charge in [-0.3, -0.25) is 9.59 Å². The summed E-state index contributed by atoms with van der Waals surface area (Å²) in [5.74, 6) is 0.169. The van der Waals surface area contributed by atoms with Gasteiger partial charge in [0.25, 0.3) is 0 Å². The quantitative estimate of drug-likeness (QED) is 0.282. The number of benzene rings is 4. The van der Waals surface area contributed by atoms with Crippen molar-refractivity contribution in [2.24, 2.45) is 0 Å². The summed E-state index contributed by atoms with van der Waals surface area (Å²) in [6.07, 6.45) is 8.37. The summed E-state index contributed by atoms with van der Waals surface area (Å²) in [6.45, 7) is 2.91. The van der Waals surface area contributed by atoms with Gasteiger partial charge in [-0.1, -0.05) is 84.9 Å². The van der Waals surface area contributed by atoms with Crippen LogP contribution in [0.25, 0.3) is 45.5 Å². The third-order valence-electron chi connectivity index (χ3n) is 12.3. The average Bonchev–Trinajstić information content (AvgIpc) is 3.89. The Labute approximate surface area is 299 Å². The van der Waals surface area contributed by atoms with Crippen LogP contribution in [0.5, 0.6) is 0 Å². The number of nitrogens with zero attached hydrogens (tertiary/aromatic N) is 4. The molecule has 0 saturated heterocycles. The summed E-state index contributed by atoms with van der Waals surface area (Å²) >= 11 is 0. The highest BCUT2D eigenvalue weighted by Gasteiger charge is 2.42. The van der Waals surface area contributed by atoms with Gasteiger partial charge in [-0.05, 0) is 82.0 Å². The lowest BCUT2D eigenvalue weighted by atomic mass is 9.93. The maximum Gasteiger partial charge on any atom is 0.213 e. The fourth-order valence-corrected chi connectivity index (χ4v) is 10.3. The van der Waals surface area contributed by atoms with Crippen LogP contribution < -0.4 is 41.4 Å². The van der Waals surface area contributed by atoms with Crippen LogP contribution in [0.1, 0.15) is 57.8 Å². The Balaban J connectivity index is 1.38. The van der Waals surface area contributed by atoms with Gasteiger partial charge in [-0.15, -0.1) is 0 Å². The van der Waals surface area contributed by atoms with Crippen LogP contribution in [0.2, 0.25) is 0 Å². The third kappa shape index (κ3) is 3.49. The second-order valence-corrected chi connectivity index (χ2v) is 14.8. The minimum absolute atomic E-state index is 0.0843. The van der Waals surface area contributed by atoms with Gasteiger partial charge in [-0.2, -0.15) is 0 Å². The van der Waals surface area contributed by atoms with Gasteiger partial charge in [-0.25, -0.2) is 0 Å². The number of Topliss-reactive ketones (excluding diaryl/α,β-unsaturated/α-hetero) is 2. The maximum absolute atomic E-state index is 14.7. The largest absolute Gasteiger partial charge is 0.336 e. The number of fused-ring (bicyclic) bond motifs is 13. The van der Waals surface area contributed by atoms with Crippen molar-refractivity contribution in [2.45, 2.75) is 38.8 Å². The first kappa shape index (κ1) is 28.5. The van der Waals surface area contributed by atoms with Gasteiger partial charge < -0.3 is 18.9 Å². The van der Waals surface area contributed by atoms with Gasteiger partial charge in [0.05, 0.1) is 33.5 Å². The third-order valence-corrected chi connectivity index (χ3v) is 12.3. The van der Waals surface area contributed by atoms with Crippen molar-refractivity contribution >= 4 is 68.4 Å². The lowest BCUT2D eigenvalue weighted by Crippen LogP contribution is -2.43. The van der Waals surface area contributed by atoms with E-state index in [9.17, 15) is 9.59 Å². The number of aromatic nitrogens is 2. The molecule has 4 aromatic carbocycles. The lowest BCUT2D eigenvalue weighted by molar-refractivity contribution is 0.105. The van der Waals surface area contributed by atoms with Gasteiger partial charge in [0.15, 0.2) is 0 Å². The fraction of sp³-hybridized carbons (Fsp3) is 0.174. The summed E-state index contributed by atoms with van der Waals surface area (Å²) in [5.41, 5.74) is 10.0. The maximum atomic E-state index is 14.7. The van der Waals surface area contributed by atoms with E-state index < -0.39 is 0 Å². The number of carbonyl (C=O) groups excluding carboxylic acids is 2. The van der Waals surface area contributed by atoms with Gasteiger partial charge in [0.2, 0.25) is 11.6 Å². The molecule has 0 fully saturated rings. The smallest absolute Gasteiger partial charge is 0.213 e. The molecule has 0 radical (unpaired) electrons. The van der Waals surface area contributed by atoms with Gasteiger partial charge >= 0.3 is 0 Å². The lowest BCUT2D eigenvalue weighted by Gasteiger charge is -2.29. The zero-order valence-corrected chi connectivity index (χ0v) is 28.7. The molecule has 6 heterocycles. The van der Waals surface area contributed by atoms with Crippen molar-refractivity contribution in [3.8, 4) is 0 Å². The molecule has 0 unspecified atom stereocenters. The first-order valence-corrected chi connectivity index (χ1v) is 18.6. The predicted molar refractivity (Wildman–Crippen MR) is 206 cm³/mol. The number of para-hydroxylation sites is 2. The number of carbonyl (C=O) groups is 2. The van der Waals surface area contributed by atoms with Gasteiger partial charge in [0.1, 0.15) is 11.4 Å². The molecule has 2 aromatic heterocycles. The highest BCUT2D eigenvalue weighted by atomic mass is 16.1. The van der Waals surface area contributed by atoms with E-state index in [4.69, 9.17) is 0 Å². The fourth-order valence-electron chi connectivity index (χ4n) is 10.3. The molecule has 4 aliphatic heterocycles. The van der Waals surface area contributed by atoms with Crippen LogP contribution >= 0.6 is 0 Å². The zero-order valence-electron chi connectivity index (χ0n) is 28.7. The molecular weight excluding hydrogens is 641 g/mol. The number of hydrogen-bond donors (Lipinski definition) is 0. The molecule has 6 heteroatoms. The Hall–Kier alpha value is -6.14. The first-order chi connectivity index (χ1) is 25.7. The zero-order chi connectivity index (χ0) is 34.2. The summed E-state index contributed by atoms with van der Waals surface area (Å²) in [7, 11) is 0.